The second-order valence-corrected chi connectivity index (χ2v) is 19.4. The summed E-state index contributed by atoms with van der Waals surface area (Å²) < 4.78 is 22.9. The van der Waals surface area contributed by atoms with E-state index in [0.717, 1.165) is 70.9 Å². The van der Waals surface area contributed by atoms with Gasteiger partial charge in [0.2, 0.25) is 0 Å². The van der Waals surface area contributed by atoms with Crippen LogP contribution in [0.25, 0.3) is 0 Å². The predicted molar refractivity (Wildman–Crippen MR) is 224 cm³/mol. The summed E-state index contributed by atoms with van der Waals surface area (Å²) in [6.45, 7) is 9.21. The number of methoxy groups -OCH3 is 4. The van der Waals surface area contributed by atoms with Crippen molar-refractivity contribution in [2.45, 2.75) is 132 Å². The smallest absolute Gasteiger partial charge is 0.134 e. The van der Waals surface area contributed by atoms with Crippen molar-refractivity contribution in [2.24, 2.45) is 0 Å². The van der Waals surface area contributed by atoms with Gasteiger partial charge < -0.3 is 18.9 Å². The molecule has 8 heteroatoms. The topological polar surface area (TPSA) is 36.9 Å². The summed E-state index contributed by atoms with van der Waals surface area (Å²) in [4.78, 5) is 5.17. The fourth-order valence-electron chi connectivity index (χ4n) is 6.59. The molecule has 0 bridgehead atoms. The van der Waals surface area contributed by atoms with Gasteiger partial charge in [-0.05, 0) is 62.1 Å². The van der Waals surface area contributed by atoms with Crippen molar-refractivity contribution in [1.82, 2.24) is 0 Å². The number of benzene rings is 3. The van der Waals surface area contributed by atoms with Crippen molar-refractivity contribution < 1.29 is 18.9 Å². The Morgan fingerprint density at radius 2 is 0.788 bits per heavy atom. The number of rotatable bonds is 16. The minimum atomic E-state index is 0.0501. The molecule has 52 heavy (non-hydrogen) atoms. The fraction of sp³-hybridized carbons (Fsp3) is 0.500. The normalized spacial score (nSPS) is 14.8. The molecule has 0 saturated carbocycles. The van der Waals surface area contributed by atoms with Crippen LogP contribution in [0.3, 0.4) is 0 Å². The zero-order chi connectivity index (χ0) is 37.1. The second kappa shape index (κ2) is 19.1. The highest BCUT2D eigenvalue weighted by Crippen LogP contribution is 2.69. The molecule has 3 aromatic carbocycles. The Bertz CT molecular complexity index is 1640. The van der Waals surface area contributed by atoms with Crippen molar-refractivity contribution >= 4 is 47.0 Å². The molecule has 0 radical (unpaired) electrons. The number of hydrogen-bond acceptors (Lipinski definition) is 8. The van der Waals surface area contributed by atoms with E-state index in [9.17, 15) is 0 Å². The molecular weight excluding hydrogens is 721 g/mol. The van der Waals surface area contributed by atoms with Gasteiger partial charge in [-0.3, -0.25) is 0 Å². The lowest BCUT2D eigenvalue weighted by Gasteiger charge is -2.28. The Morgan fingerprint density at radius 1 is 0.462 bits per heavy atom. The average molecular weight is 775 g/mol. The molecule has 278 valence electrons. The van der Waals surface area contributed by atoms with Crippen LogP contribution in [0.4, 0.5) is 0 Å². The summed E-state index contributed by atoms with van der Waals surface area (Å²) in [6, 6.07) is 11.7. The van der Waals surface area contributed by atoms with Crippen molar-refractivity contribution in [1.29, 1.82) is 0 Å². The minimum absolute atomic E-state index is 0.0501. The fourth-order valence-corrected chi connectivity index (χ4v) is 13.8. The van der Waals surface area contributed by atoms with Crippen molar-refractivity contribution in [3.8, 4) is 46.7 Å². The molecule has 0 saturated heterocycles. The molecule has 0 atom stereocenters. The summed E-state index contributed by atoms with van der Waals surface area (Å²) in [6.07, 6.45) is 14.1. The Balaban J connectivity index is 1.80. The van der Waals surface area contributed by atoms with Gasteiger partial charge in [0.15, 0.2) is 0 Å². The highest BCUT2D eigenvalue weighted by Gasteiger charge is 2.47. The Kier molecular flexibility index (Phi) is 14.9. The third kappa shape index (κ3) is 9.18. The maximum absolute atomic E-state index is 5.78. The van der Waals surface area contributed by atoms with E-state index in [1.807, 2.05) is 36.4 Å². The van der Waals surface area contributed by atoms with Gasteiger partial charge in [0.1, 0.15) is 23.0 Å². The van der Waals surface area contributed by atoms with Crippen LogP contribution in [0.5, 0.6) is 23.0 Å². The summed E-state index contributed by atoms with van der Waals surface area (Å²) in [7, 11) is 6.80. The molecule has 5 rings (SSSR count). The molecule has 0 aliphatic carbocycles. The third-order valence-electron chi connectivity index (χ3n) is 9.58. The highest BCUT2D eigenvalue weighted by molar-refractivity contribution is 8.21. The van der Waals surface area contributed by atoms with E-state index < -0.39 is 0 Å². The predicted octanol–water partition coefficient (Wildman–Crippen LogP) is 13.1. The van der Waals surface area contributed by atoms with Crippen LogP contribution in [-0.2, 0) is 0 Å². The van der Waals surface area contributed by atoms with Crippen molar-refractivity contribution in [3.63, 3.8) is 0 Å². The maximum atomic E-state index is 5.78. The molecule has 0 aromatic heterocycles. The zero-order valence-electron chi connectivity index (χ0n) is 32.2. The molecule has 3 aromatic rings. The van der Waals surface area contributed by atoms with Crippen molar-refractivity contribution in [2.75, 3.05) is 28.4 Å². The number of unbranched alkanes of at least 4 members (excludes halogenated alkanes) is 4. The van der Waals surface area contributed by atoms with Crippen LogP contribution in [0.1, 0.15) is 127 Å². The number of hydrogen-bond donors (Lipinski definition) is 0. The number of fused-ring (bicyclic) bond motifs is 2. The molecule has 0 N–H and O–H groups in total. The van der Waals surface area contributed by atoms with Crippen LogP contribution in [0, 0.1) is 23.7 Å². The van der Waals surface area contributed by atoms with Gasteiger partial charge in [0, 0.05) is 19.6 Å². The highest BCUT2D eigenvalue weighted by atomic mass is 32.2. The molecular formula is C44H54O4S4. The molecule has 0 fully saturated rings. The first-order valence-electron chi connectivity index (χ1n) is 18.8. The van der Waals surface area contributed by atoms with E-state index >= 15 is 0 Å². The zero-order valence-corrected chi connectivity index (χ0v) is 35.5. The van der Waals surface area contributed by atoms with E-state index in [2.05, 4.69) is 98.4 Å². The monoisotopic (exact) mass is 774 g/mol. The molecule has 2 heterocycles. The molecule has 0 unspecified atom stereocenters. The summed E-state index contributed by atoms with van der Waals surface area (Å²) >= 11 is 8.26. The van der Waals surface area contributed by atoms with Crippen LogP contribution in [-0.4, -0.2) is 36.6 Å². The van der Waals surface area contributed by atoms with E-state index in [4.69, 9.17) is 18.9 Å². The van der Waals surface area contributed by atoms with Crippen LogP contribution < -0.4 is 18.9 Å². The van der Waals surface area contributed by atoms with Gasteiger partial charge in [0.25, 0.3) is 0 Å². The van der Waals surface area contributed by atoms with Crippen LogP contribution in [0.2, 0.25) is 0 Å². The van der Waals surface area contributed by atoms with Gasteiger partial charge >= 0.3 is 0 Å². The lowest BCUT2D eigenvalue weighted by molar-refractivity contribution is 0.402. The van der Waals surface area contributed by atoms with Gasteiger partial charge in [-0.1, -0.05) is 103 Å². The lowest BCUT2D eigenvalue weighted by atomic mass is 10.1. The Labute approximate surface area is 330 Å². The molecule has 2 aliphatic heterocycles. The van der Waals surface area contributed by atoms with Gasteiger partial charge in [-0.25, -0.2) is 0 Å². The Morgan fingerprint density at radius 3 is 1.06 bits per heavy atom. The summed E-state index contributed by atoms with van der Waals surface area (Å²) in [5, 5.41) is 0. The van der Waals surface area contributed by atoms with Gasteiger partial charge in [0.05, 0.1) is 58.9 Å². The molecule has 4 nitrogen and oxygen atoms in total. The van der Waals surface area contributed by atoms with E-state index in [1.54, 1.807) is 28.4 Å². The largest absolute Gasteiger partial charge is 0.497 e. The van der Waals surface area contributed by atoms with Crippen LogP contribution >= 0.6 is 47.0 Å². The van der Waals surface area contributed by atoms with E-state index in [-0.39, 0.29) is 8.16 Å². The van der Waals surface area contributed by atoms with E-state index in [0.29, 0.717) is 0 Å². The van der Waals surface area contributed by atoms with Gasteiger partial charge in [-0.2, -0.15) is 0 Å². The number of ether oxygens (including phenoxy) is 4. The van der Waals surface area contributed by atoms with Crippen molar-refractivity contribution in [3.05, 3.63) is 58.7 Å². The summed E-state index contributed by atoms with van der Waals surface area (Å²) in [5.41, 5.74) is 3.96. The maximum Gasteiger partial charge on any atom is 0.134 e. The molecule has 0 spiro atoms. The Hall–Kier alpha value is -2.62. The third-order valence-corrected chi connectivity index (χ3v) is 16.4. The quantitative estimate of drug-likeness (QED) is 0.133. The standard InChI is InChI=1S/C44H54O4S4/c1-9-13-25-43(26-14-10-2)49-39-35(21-17-31-29-33(45-5)19-23-37(31)47-7)41-42(52-44(51-41,27-15-11-3)28-16-12-4)36(40(39)50-43)22-18-32-30-34(46-6)20-24-38(32)48-8/h19-20,23-24,29-30H,9-16,25-28H2,1-8H3. The SMILES string of the molecule is CCCCC1(CCCC)Sc2c(C#Cc3cc(OC)ccc3OC)c3c(c(C#Cc4cc(OC)ccc4OC)c2S1)SC(CCCC)(CCCC)S3. The average Bonchev–Trinajstić information content (AvgIpc) is 3.75. The van der Waals surface area contributed by atoms with Crippen LogP contribution in [0.15, 0.2) is 56.0 Å². The first kappa shape index (κ1) is 40.6. The summed E-state index contributed by atoms with van der Waals surface area (Å²) in [5.74, 6) is 17.8. The lowest BCUT2D eigenvalue weighted by Crippen LogP contribution is -2.17. The first-order chi connectivity index (χ1) is 25.3. The number of thioether (sulfide) groups is 4. The van der Waals surface area contributed by atoms with Gasteiger partial charge in [-0.15, -0.1) is 47.0 Å². The van der Waals surface area contributed by atoms with E-state index in [1.165, 1.54) is 70.9 Å². The molecule has 2 aliphatic rings. The first-order valence-corrected chi connectivity index (χ1v) is 22.1. The molecule has 0 amide bonds. The second-order valence-electron chi connectivity index (χ2n) is 13.3. The minimum Gasteiger partial charge on any atom is -0.497 e.